The van der Waals surface area contributed by atoms with E-state index in [4.69, 9.17) is 11.6 Å². The van der Waals surface area contributed by atoms with Crippen LogP contribution in [-0.4, -0.2) is 52.4 Å². The van der Waals surface area contributed by atoms with Crippen molar-refractivity contribution in [3.8, 4) is 5.69 Å². The Labute approximate surface area is 227 Å². The summed E-state index contributed by atoms with van der Waals surface area (Å²) in [5.74, 6) is -0.856. The van der Waals surface area contributed by atoms with Crippen LogP contribution in [0.4, 0.5) is 0 Å². The van der Waals surface area contributed by atoms with Gasteiger partial charge >= 0.3 is 0 Å². The van der Waals surface area contributed by atoms with Gasteiger partial charge in [-0.1, -0.05) is 35.9 Å². The molecule has 1 aliphatic heterocycles. The predicted molar refractivity (Wildman–Crippen MR) is 146 cm³/mol. The largest absolute Gasteiger partial charge is 0.345 e. The fourth-order valence-corrected chi connectivity index (χ4v) is 5.31. The van der Waals surface area contributed by atoms with Crippen LogP contribution in [0.25, 0.3) is 5.69 Å². The number of aromatic nitrogens is 1. The van der Waals surface area contributed by atoms with Crippen molar-refractivity contribution in [2.45, 2.75) is 12.1 Å². The minimum absolute atomic E-state index is 0.176. The summed E-state index contributed by atoms with van der Waals surface area (Å²) in [6, 6.07) is 22.6. The Kier molecular flexibility index (Phi) is 7.39. The lowest BCUT2D eigenvalue weighted by Gasteiger charge is -2.20. The van der Waals surface area contributed by atoms with Gasteiger partial charge in [-0.05, 0) is 54.6 Å². The summed E-state index contributed by atoms with van der Waals surface area (Å²) in [6.07, 6.45) is 1.66. The lowest BCUT2D eigenvalue weighted by atomic mass is 10.1. The molecule has 0 saturated carbocycles. The number of likely N-dealkylation sites (tertiary alicyclic amines) is 1. The van der Waals surface area contributed by atoms with E-state index < -0.39 is 12.1 Å². The zero-order chi connectivity index (χ0) is 26.6. The number of nitrogens with zero attached hydrogens (tertiary/aromatic N) is 2. The van der Waals surface area contributed by atoms with Crippen LogP contribution in [0, 0.1) is 0 Å². The van der Waals surface area contributed by atoms with Gasteiger partial charge in [-0.25, -0.2) is 0 Å². The minimum atomic E-state index is -0.522. The summed E-state index contributed by atoms with van der Waals surface area (Å²) >= 11 is 7.14. The van der Waals surface area contributed by atoms with Gasteiger partial charge in [0.25, 0.3) is 23.3 Å². The van der Waals surface area contributed by atoms with Crippen LogP contribution in [0.2, 0.25) is 4.34 Å². The van der Waals surface area contributed by atoms with Crippen molar-refractivity contribution >= 4 is 40.7 Å². The number of pyridine rings is 1. The highest BCUT2D eigenvalue weighted by Crippen LogP contribution is 2.22. The Morgan fingerprint density at radius 2 is 1.42 bits per heavy atom. The van der Waals surface area contributed by atoms with E-state index in [0.29, 0.717) is 26.0 Å². The Bertz CT molecular complexity index is 1530. The zero-order valence-corrected chi connectivity index (χ0v) is 21.6. The summed E-state index contributed by atoms with van der Waals surface area (Å²) in [7, 11) is 0. The molecule has 0 aliphatic carbocycles. The summed E-state index contributed by atoms with van der Waals surface area (Å²) in [4.78, 5) is 53.3. The lowest BCUT2D eigenvalue weighted by molar-refractivity contribution is 0.0778. The Balaban J connectivity index is 1.33. The number of thiophene rings is 1. The number of hydrogen-bond acceptors (Lipinski definition) is 5. The van der Waals surface area contributed by atoms with Crippen molar-refractivity contribution in [3.63, 3.8) is 0 Å². The van der Waals surface area contributed by atoms with Gasteiger partial charge in [0.2, 0.25) is 0 Å². The number of benzene rings is 2. The maximum Gasteiger partial charge on any atom is 0.261 e. The van der Waals surface area contributed by atoms with Gasteiger partial charge in [0, 0.05) is 42.2 Å². The molecule has 2 aromatic heterocycles. The molecule has 2 aromatic carbocycles. The molecule has 3 heterocycles. The normalized spacial score (nSPS) is 16.7. The lowest BCUT2D eigenvalue weighted by Crippen LogP contribution is -2.50. The maximum absolute atomic E-state index is 13.2. The zero-order valence-electron chi connectivity index (χ0n) is 20.0. The van der Waals surface area contributed by atoms with Crippen molar-refractivity contribution in [1.29, 1.82) is 0 Å². The summed E-state index contributed by atoms with van der Waals surface area (Å²) in [5, 5.41) is 5.93. The number of amides is 3. The highest BCUT2D eigenvalue weighted by Gasteiger charge is 2.37. The maximum atomic E-state index is 13.2. The molecular weight excluding hydrogens is 524 g/mol. The smallest absolute Gasteiger partial charge is 0.261 e. The van der Waals surface area contributed by atoms with Gasteiger partial charge < -0.3 is 15.5 Å². The van der Waals surface area contributed by atoms with Gasteiger partial charge in [0.1, 0.15) is 0 Å². The number of hydrogen-bond donors (Lipinski definition) is 2. The van der Waals surface area contributed by atoms with E-state index in [2.05, 4.69) is 10.6 Å². The van der Waals surface area contributed by atoms with Gasteiger partial charge in [-0.2, -0.15) is 0 Å². The average molecular weight is 547 g/mol. The number of carbonyl (C=O) groups excluding carboxylic acids is 3. The van der Waals surface area contributed by atoms with Gasteiger partial charge in [0.05, 0.1) is 21.3 Å². The first-order chi connectivity index (χ1) is 18.4. The number of carbonyl (C=O) groups is 3. The van der Waals surface area contributed by atoms with Crippen LogP contribution in [0.5, 0.6) is 0 Å². The van der Waals surface area contributed by atoms with E-state index in [1.807, 2.05) is 6.07 Å². The molecule has 3 amide bonds. The fourth-order valence-electron chi connectivity index (χ4n) is 4.37. The highest BCUT2D eigenvalue weighted by molar-refractivity contribution is 7.18. The number of rotatable bonds is 6. The van der Waals surface area contributed by atoms with Crippen molar-refractivity contribution in [2.24, 2.45) is 0 Å². The third-order valence-electron chi connectivity index (χ3n) is 6.29. The molecular formula is C28H23ClN4O4S. The first kappa shape index (κ1) is 25.4. The molecule has 0 bridgehead atoms. The minimum Gasteiger partial charge on any atom is -0.345 e. The first-order valence-electron chi connectivity index (χ1n) is 11.9. The molecule has 5 rings (SSSR count). The van der Waals surface area contributed by atoms with Crippen molar-refractivity contribution < 1.29 is 14.4 Å². The van der Waals surface area contributed by atoms with Gasteiger partial charge in [-0.15, -0.1) is 11.3 Å². The van der Waals surface area contributed by atoms with Crippen molar-refractivity contribution in [2.75, 3.05) is 13.1 Å². The number of halogens is 1. The molecule has 4 aromatic rings. The van der Waals surface area contributed by atoms with Crippen molar-refractivity contribution in [1.82, 2.24) is 20.1 Å². The van der Waals surface area contributed by atoms with E-state index in [9.17, 15) is 19.2 Å². The second-order valence-corrected chi connectivity index (χ2v) is 10.5. The van der Waals surface area contributed by atoms with Crippen LogP contribution in [0.1, 0.15) is 30.4 Å². The summed E-state index contributed by atoms with van der Waals surface area (Å²) in [5.41, 5.74) is 1.37. The molecule has 0 radical (unpaired) electrons. The van der Waals surface area contributed by atoms with Crippen LogP contribution in [0.3, 0.4) is 0 Å². The molecule has 2 N–H and O–H groups in total. The molecule has 0 spiro atoms. The van der Waals surface area contributed by atoms with E-state index in [-0.39, 0.29) is 36.4 Å². The van der Waals surface area contributed by atoms with E-state index in [1.165, 1.54) is 10.6 Å². The van der Waals surface area contributed by atoms with Crippen LogP contribution in [0.15, 0.2) is 95.9 Å². The van der Waals surface area contributed by atoms with E-state index >= 15 is 0 Å². The summed E-state index contributed by atoms with van der Waals surface area (Å²) < 4.78 is 1.97. The molecule has 2 atom stereocenters. The first-order valence-corrected chi connectivity index (χ1v) is 13.1. The van der Waals surface area contributed by atoms with Crippen molar-refractivity contribution in [3.05, 3.63) is 122 Å². The fraction of sp³-hybridized carbons (Fsp3) is 0.143. The Morgan fingerprint density at radius 3 is 2.05 bits per heavy atom. The third kappa shape index (κ3) is 5.53. The SMILES string of the molecule is O=C(N[C@H]1CN(C(=O)c2ccccc2)C[C@H]1NC(=O)c1ccc(Cl)s1)c1ccc(-n2ccccc2=O)cc1. The standard InChI is InChI=1S/C28H23ClN4O4S/c29-24-14-13-23(38-24)27(36)31-22-17-32(28(37)19-6-2-1-3-7-19)16-21(22)30-26(35)18-9-11-20(12-10-18)33-15-5-4-8-25(33)34/h1-15,21-22H,16-17H2,(H,30,35)(H,31,36)/t21-,22+/m0/s1. The predicted octanol–water partition coefficient (Wildman–Crippen LogP) is 3.61. The Hall–Kier alpha value is -4.21. The monoisotopic (exact) mass is 546 g/mol. The molecule has 10 heteroatoms. The molecule has 1 saturated heterocycles. The second kappa shape index (κ2) is 11.0. The second-order valence-electron chi connectivity index (χ2n) is 8.80. The molecule has 1 aliphatic rings. The average Bonchev–Trinajstić information content (AvgIpc) is 3.55. The summed E-state index contributed by atoms with van der Waals surface area (Å²) in [6.45, 7) is 0.465. The number of nitrogens with one attached hydrogen (secondary N) is 2. The highest BCUT2D eigenvalue weighted by atomic mass is 35.5. The Morgan fingerprint density at radius 1 is 0.763 bits per heavy atom. The molecule has 8 nitrogen and oxygen atoms in total. The van der Waals surface area contributed by atoms with Gasteiger partial charge in [0.15, 0.2) is 0 Å². The van der Waals surface area contributed by atoms with E-state index in [1.54, 1.807) is 83.9 Å². The van der Waals surface area contributed by atoms with Gasteiger partial charge in [-0.3, -0.25) is 23.7 Å². The van der Waals surface area contributed by atoms with Crippen LogP contribution in [-0.2, 0) is 0 Å². The molecule has 0 unspecified atom stereocenters. The molecule has 192 valence electrons. The van der Waals surface area contributed by atoms with Crippen LogP contribution < -0.4 is 16.2 Å². The topological polar surface area (TPSA) is 101 Å². The quantitative estimate of drug-likeness (QED) is 0.386. The third-order valence-corrected chi connectivity index (χ3v) is 7.52. The molecule has 1 fully saturated rings. The van der Waals surface area contributed by atoms with Crippen LogP contribution >= 0.6 is 22.9 Å². The molecule has 38 heavy (non-hydrogen) atoms. The van der Waals surface area contributed by atoms with E-state index in [0.717, 1.165) is 11.3 Å².